The highest BCUT2D eigenvalue weighted by molar-refractivity contribution is 7.08. The molecule has 2 heterocycles. The number of aromatic nitrogens is 2. The van der Waals surface area contributed by atoms with Gasteiger partial charge in [0, 0.05) is 16.6 Å². The van der Waals surface area contributed by atoms with Crippen LogP contribution in [0.25, 0.3) is 11.3 Å². The molecule has 2 aromatic heterocycles. The highest BCUT2D eigenvalue weighted by atomic mass is 32.1. The number of hydrogen-bond donors (Lipinski definition) is 2. The highest BCUT2D eigenvalue weighted by Crippen LogP contribution is 2.23. The van der Waals surface area contributed by atoms with E-state index in [2.05, 4.69) is 21.4 Å². The number of H-pyrrole nitrogens is 1. The lowest BCUT2D eigenvalue weighted by molar-refractivity contribution is 0.944. The van der Waals surface area contributed by atoms with Gasteiger partial charge in [-0.1, -0.05) is 0 Å². The standard InChI is InChI=1S/C9H11N3S/c1-6-9(7-2-3-13-5-7)12-8(4-10)11-6/h2-3,5H,4,10H2,1H3,(H,11,12). The second-order valence-electron chi connectivity index (χ2n) is 2.87. The molecule has 68 valence electrons. The van der Waals surface area contributed by atoms with Crippen LogP contribution < -0.4 is 5.73 Å². The Morgan fingerprint density at radius 1 is 1.62 bits per heavy atom. The molecular weight excluding hydrogens is 182 g/mol. The van der Waals surface area contributed by atoms with Crippen LogP contribution in [-0.4, -0.2) is 9.97 Å². The monoisotopic (exact) mass is 193 g/mol. The Kier molecular flexibility index (Phi) is 2.16. The molecule has 0 fully saturated rings. The smallest absolute Gasteiger partial charge is 0.120 e. The molecule has 0 bridgehead atoms. The largest absolute Gasteiger partial charge is 0.344 e. The van der Waals surface area contributed by atoms with E-state index in [0.29, 0.717) is 6.54 Å². The number of aryl methyl sites for hydroxylation is 1. The normalized spacial score (nSPS) is 10.6. The summed E-state index contributed by atoms with van der Waals surface area (Å²) in [7, 11) is 0. The van der Waals surface area contributed by atoms with Crippen molar-refractivity contribution in [3.8, 4) is 11.3 Å². The summed E-state index contributed by atoms with van der Waals surface area (Å²) in [5.74, 6) is 0.846. The molecule has 0 unspecified atom stereocenters. The zero-order chi connectivity index (χ0) is 9.26. The van der Waals surface area contributed by atoms with Crippen LogP contribution in [0.2, 0.25) is 0 Å². The number of hydrogen-bond acceptors (Lipinski definition) is 3. The molecule has 3 N–H and O–H groups in total. The van der Waals surface area contributed by atoms with E-state index in [1.807, 2.05) is 12.3 Å². The van der Waals surface area contributed by atoms with E-state index in [-0.39, 0.29) is 0 Å². The maximum Gasteiger partial charge on any atom is 0.120 e. The van der Waals surface area contributed by atoms with Gasteiger partial charge in [0.05, 0.1) is 12.2 Å². The third-order valence-electron chi connectivity index (χ3n) is 1.92. The van der Waals surface area contributed by atoms with Gasteiger partial charge in [-0.05, 0) is 18.4 Å². The van der Waals surface area contributed by atoms with E-state index in [1.165, 1.54) is 5.56 Å². The Morgan fingerprint density at radius 3 is 3.00 bits per heavy atom. The van der Waals surface area contributed by atoms with Crippen molar-refractivity contribution in [3.63, 3.8) is 0 Å². The van der Waals surface area contributed by atoms with Crippen molar-refractivity contribution in [2.75, 3.05) is 0 Å². The molecule has 13 heavy (non-hydrogen) atoms. The summed E-state index contributed by atoms with van der Waals surface area (Å²) >= 11 is 1.67. The zero-order valence-electron chi connectivity index (χ0n) is 7.37. The van der Waals surface area contributed by atoms with E-state index >= 15 is 0 Å². The lowest BCUT2D eigenvalue weighted by atomic mass is 10.2. The van der Waals surface area contributed by atoms with Gasteiger partial charge in [0.25, 0.3) is 0 Å². The third kappa shape index (κ3) is 1.50. The Labute approximate surface area is 80.6 Å². The number of imidazole rings is 1. The molecule has 0 amide bonds. The molecule has 3 nitrogen and oxygen atoms in total. The summed E-state index contributed by atoms with van der Waals surface area (Å²) < 4.78 is 0. The fourth-order valence-electron chi connectivity index (χ4n) is 1.30. The van der Waals surface area contributed by atoms with Crippen molar-refractivity contribution in [2.24, 2.45) is 5.73 Å². The summed E-state index contributed by atoms with van der Waals surface area (Å²) in [6.45, 7) is 2.48. The van der Waals surface area contributed by atoms with E-state index in [4.69, 9.17) is 5.73 Å². The van der Waals surface area contributed by atoms with Gasteiger partial charge >= 0.3 is 0 Å². The van der Waals surface area contributed by atoms with Crippen LogP contribution in [0.4, 0.5) is 0 Å². The Morgan fingerprint density at radius 2 is 2.46 bits per heavy atom. The van der Waals surface area contributed by atoms with Crippen LogP contribution in [0.15, 0.2) is 16.8 Å². The number of thiophene rings is 1. The van der Waals surface area contributed by atoms with Crippen molar-refractivity contribution in [1.82, 2.24) is 9.97 Å². The topological polar surface area (TPSA) is 54.7 Å². The second kappa shape index (κ2) is 3.32. The van der Waals surface area contributed by atoms with E-state index < -0.39 is 0 Å². The van der Waals surface area contributed by atoms with Crippen molar-refractivity contribution in [1.29, 1.82) is 0 Å². The van der Waals surface area contributed by atoms with E-state index in [1.54, 1.807) is 11.3 Å². The van der Waals surface area contributed by atoms with Crippen LogP contribution in [0.3, 0.4) is 0 Å². The minimum absolute atomic E-state index is 0.463. The molecule has 0 aliphatic rings. The summed E-state index contributed by atoms with van der Waals surface area (Å²) in [5, 5.41) is 4.13. The minimum atomic E-state index is 0.463. The Balaban J connectivity index is 2.46. The van der Waals surface area contributed by atoms with Crippen LogP contribution in [0.5, 0.6) is 0 Å². The molecule has 0 spiro atoms. The molecule has 0 saturated heterocycles. The highest BCUT2D eigenvalue weighted by Gasteiger charge is 2.07. The first-order valence-electron chi connectivity index (χ1n) is 4.09. The van der Waals surface area contributed by atoms with Gasteiger partial charge in [-0.3, -0.25) is 0 Å². The van der Waals surface area contributed by atoms with Gasteiger partial charge in [0.1, 0.15) is 5.82 Å². The average Bonchev–Trinajstić information content (AvgIpc) is 2.72. The Hall–Kier alpha value is -1.13. The molecule has 2 rings (SSSR count). The number of nitrogens with one attached hydrogen (secondary N) is 1. The molecule has 0 atom stereocenters. The lowest BCUT2D eigenvalue weighted by Crippen LogP contribution is -1.97. The molecule has 2 aromatic rings. The van der Waals surface area contributed by atoms with Crippen molar-refractivity contribution < 1.29 is 0 Å². The SMILES string of the molecule is Cc1[nH]c(CN)nc1-c1ccsc1. The van der Waals surface area contributed by atoms with Gasteiger partial charge in [-0.25, -0.2) is 4.98 Å². The summed E-state index contributed by atoms with van der Waals surface area (Å²) in [5.41, 5.74) is 8.76. The first-order chi connectivity index (χ1) is 6.31. The molecule has 4 heteroatoms. The molecular formula is C9H11N3S. The van der Waals surface area contributed by atoms with Crippen LogP contribution in [0, 0.1) is 6.92 Å². The average molecular weight is 193 g/mol. The van der Waals surface area contributed by atoms with Crippen LogP contribution in [0.1, 0.15) is 11.5 Å². The van der Waals surface area contributed by atoms with Gasteiger partial charge in [-0.15, -0.1) is 0 Å². The van der Waals surface area contributed by atoms with E-state index in [0.717, 1.165) is 17.2 Å². The molecule has 0 saturated carbocycles. The van der Waals surface area contributed by atoms with Crippen LogP contribution in [-0.2, 0) is 6.54 Å². The predicted octanol–water partition coefficient (Wildman–Crippen LogP) is 1.91. The van der Waals surface area contributed by atoms with Gasteiger partial charge in [-0.2, -0.15) is 11.3 Å². The first-order valence-corrected chi connectivity index (χ1v) is 5.03. The predicted molar refractivity (Wildman–Crippen MR) is 54.5 cm³/mol. The van der Waals surface area contributed by atoms with Crippen molar-refractivity contribution in [3.05, 3.63) is 28.3 Å². The van der Waals surface area contributed by atoms with Crippen LogP contribution >= 0.6 is 11.3 Å². The molecule has 0 radical (unpaired) electrons. The molecule has 0 aliphatic heterocycles. The van der Waals surface area contributed by atoms with Gasteiger partial charge in [0.15, 0.2) is 0 Å². The zero-order valence-corrected chi connectivity index (χ0v) is 8.19. The number of nitrogens with zero attached hydrogens (tertiary/aromatic N) is 1. The Bertz CT molecular complexity index is 389. The third-order valence-corrected chi connectivity index (χ3v) is 2.60. The second-order valence-corrected chi connectivity index (χ2v) is 3.65. The molecule has 0 aromatic carbocycles. The fourth-order valence-corrected chi connectivity index (χ4v) is 1.94. The summed E-state index contributed by atoms with van der Waals surface area (Å²) in [6, 6.07) is 2.06. The van der Waals surface area contributed by atoms with Crippen molar-refractivity contribution >= 4 is 11.3 Å². The van der Waals surface area contributed by atoms with Gasteiger partial charge in [0.2, 0.25) is 0 Å². The maximum atomic E-state index is 5.49. The number of nitrogens with two attached hydrogens (primary N) is 1. The van der Waals surface area contributed by atoms with E-state index in [9.17, 15) is 0 Å². The quantitative estimate of drug-likeness (QED) is 0.765. The maximum absolute atomic E-state index is 5.49. The number of aromatic amines is 1. The lowest BCUT2D eigenvalue weighted by Gasteiger charge is -1.90. The van der Waals surface area contributed by atoms with Gasteiger partial charge < -0.3 is 10.7 Å². The molecule has 0 aliphatic carbocycles. The fraction of sp³-hybridized carbons (Fsp3) is 0.222. The van der Waals surface area contributed by atoms with Crippen molar-refractivity contribution in [2.45, 2.75) is 13.5 Å². The first kappa shape index (κ1) is 8.47. The summed E-state index contributed by atoms with van der Waals surface area (Å²) in [6.07, 6.45) is 0. The minimum Gasteiger partial charge on any atom is -0.344 e. The summed E-state index contributed by atoms with van der Waals surface area (Å²) in [4.78, 5) is 7.55. The number of rotatable bonds is 2.